The topological polar surface area (TPSA) is 52.9 Å². The van der Waals surface area contributed by atoms with Gasteiger partial charge in [0.1, 0.15) is 0 Å². The van der Waals surface area contributed by atoms with Crippen LogP contribution in [0.1, 0.15) is 82.1 Å². The summed E-state index contributed by atoms with van der Waals surface area (Å²) in [5.41, 5.74) is 0.297. The number of nitrogens with zero attached hydrogens (tertiary/aromatic N) is 4. The molecule has 0 aliphatic rings. The minimum atomic E-state index is -0.492. The maximum atomic E-state index is 4.67. The fraction of sp³-hybridized carbons (Fsp3) is 1.00. The molecule has 0 amide bonds. The molecule has 5 heteroatoms. The molecular weight excluding hydrogens is 392 g/mol. The van der Waals surface area contributed by atoms with E-state index in [4.69, 9.17) is 0 Å². The Morgan fingerprint density at radius 3 is 1.12 bits per heavy atom. The van der Waals surface area contributed by atoms with Gasteiger partial charge in [-0.05, 0) is 0 Å². The molecule has 152 valence electrons. The Kier molecular flexibility index (Phi) is 21.1. The van der Waals surface area contributed by atoms with Crippen molar-refractivity contribution in [2.24, 2.45) is 18.8 Å². The molecule has 4 nitrogen and oxygen atoms in total. The van der Waals surface area contributed by atoms with Gasteiger partial charge < -0.3 is 10.6 Å². The molecule has 0 heterocycles. The van der Waals surface area contributed by atoms with Crippen LogP contribution >= 0.6 is 0 Å². The summed E-state index contributed by atoms with van der Waals surface area (Å²) in [5.74, 6) is 1.46. The predicted molar refractivity (Wildman–Crippen MR) is 112 cm³/mol. The second-order valence-electron chi connectivity index (χ2n) is 8.38. The van der Waals surface area contributed by atoms with Crippen LogP contribution in [0.4, 0.5) is 0 Å². The number of hydrogen-bond donors (Lipinski definition) is 0. The summed E-state index contributed by atoms with van der Waals surface area (Å²) in [6, 6.07) is 0. The van der Waals surface area contributed by atoms with Crippen molar-refractivity contribution in [1.82, 2.24) is 0 Å². The van der Waals surface area contributed by atoms with Crippen molar-refractivity contribution in [1.29, 1.82) is 0 Å². The van der Waals surface area contributed by atoms with Crippen molar-refractivity contribution >= 4 is 0 Å². The molecule has 0 unspecified atom stereocenters. The van der Waals surface area contributed by atoms with Gasteiger partial charge in [0.2, 0.25) is 0 Å². The molecule has 0 saturated heterocycles. The Hall–Kier alpha value is 0.208. The Morgan fingerprint density at radius 1 is 0.720 bits per heavy atom. The van der Waals surface area contributed by atoms with Gasteiger partial charge in [-0.2, -0.15) is 14.1 Å². The van der Waals surface area contributed by atoms with Crippen molar-refractivity contribution in [2.75, 3.05) is 27.2 Å². The Balaban J connectivity index is -0.000000336. The van der Waals surface area contributed by atoms with E-state index >= 15 is 0 Å². The standard InChI is InChI=1S/2C5H12N.2C5H11N.Mo/c2*1-5(2)4-6-3;2*1-4-5(2,3)6;/h2*5H,4H2,1-3H3;2*4H2,1-3H3;/q2*-1;;;+2. The average molecular weight is 439 g/mol. The zero-order valence-electron chi connectivity index (χ0n) is 19.2. The van der Waals surface area contributed by atoms with Gasteiger partial charge in [0.05, 0.1) is 0 Å². The van der Waals surface area contributed by atoms with E-state index in [0.717, 1.165) is 37.8 Å². The Labute approximate surface area is 168 Å². The monoisotopic (exact) mass is 440 g/mol. The average Bonchev–Trinajstić information content (AvgIpc) is 2.48. The van der Waals surface area contributed by atoms with E-state index in [9.17, 15) is 0 Å². The first-order valence-electron chi connectivity index (χ1n) is 9.59. The minimum absolute atomic E-state index is 0.148. The molecule has 0 bridgehead atoms. The van der Waals surface area contributed by atoms with Gasteiger partial charge in [-0.25, -0.2) is 0 Å². The van der Waals surface area contributed by atoms with E-state index in [1.165, 1.54) is 0 Å². The van der Waals surface area contributed by atoms with Crippen LogP contribution in [-0.4, -0.2) is 38.3 Å². The van der Waals surface area contributed by atoms with E-state index in [2.05, 4.69) is 86.9 Å². The van der Waals surface area contributed by atoms with E-state index < -0.39 is 18.2 Å². The van der Waals surface area contributed by atoms with Crippen LogP contribution in [0.3, 0.4) is 0 Å². The first-order chi connectivity index (χ1) is 11.4. The van der Waals surface area contributed by atoms with Crippen molar-refractivity contribution in [3.05, 3.63) is 10.6 Å². The number of hydrogen-bond acceptors (Lipinski definition) is 2. The molecule has 0 aromatic carbocycles. The first-order valence-corrected chi connectivity index (χ1v) is 11.4. The second kappa shape index (κ2) is 17.6. The third kappa shape index (κ3) is 29.2. The quantitative estimate of drug-likeness (QED) is 0.363. The molecule has 0 atom stereocenters. The van der Waals surface area contributed by atoms with Crippen LogP contribution < -0.4 is 0 Å². The van der Waals surface area contributed by atoms with E-state index in [0.29, 0.717) is 0 Å². The summed E-state index contributed by atoms with van der Waals surface area (Å²) in [7, 11) is 3.69. The maximum Gasteiger partial charge on any atom is -0.0644 e. The normalized spacial score (nSPS) is 11.1. The minimum Gasteiger partial charge on any atom is -0.665 e. The maximum absolute atomic E-state index is 4.67. The van der Waals surface area contributed by atoms with Gasteiger partial charge in [-0.15, -0.1) is 13.1 Å². The van der Waals surface area contributed by atoms with Gasteiger partial charge in [0, 0.05) is 0 Å². The zero-order valence-corrected chi connectivity index (χ0v) is 21.2. The molecule has 0 radical (unpaired) electrons. The molecule has 0 fully saturated rings. The van der Waals surface area contributed by atoms with Crippen molar-refractivity contribution in [2.45, 2.75) is 93.2 Å². The summed E-state index contributed by atoms with van der Waals surface area (Å²) < 4.78 is 9.34. The molecule has 0 saturated carbocycles. The third-order valence-corrected chi connectivity index (χ3v) is 6.23. The van der Waals surface area contributed by atoms with Crippen molar-refractivity contribution < 1.29 is 18.2 Å². The van der Waals surface area contributed by atoms with Crippen LogP contribution in [0.5, 0.6) is 0 Å². The molecule has 0 spiro atoms. The SMILES string of the molecule is CCC(C)(C)[N]=[Mo+2]=[N]C(C)(C)CC.C[N-]CC(C)C.C[N-]CC(C)C. The van der Waals surface area contributed by atoms with Crippen LogP contribution in [0.2, 0.25) is 0 Å². The van der Waals surface area contributed by atoms with Crippen LogP contribution in [0.15, 0.2) is 6.99 Å². The molecular formula is C20H46MoN4. The van der Waals surface area contributed by atoms with E-state index in [-0.39, 0.29) is 11.1 Å². The van der Waals surface area contributed by atoms with Gasteiger partial charge in [-0.1, -0.05) is 39.5 Å². The molecule has 0 aliphatic carbocycles. The molecule has 0 aliphatic heterocycles. The second-order valence-corrected chi connectivity index (χ2v) is 9.68. The predicted octanol–water partition coefficient (Wildman–Crippen LogP) is 7.11. The van der Waals surface area contributed by atoms with Gasteiger partial charge in [-0.3, -0.25) is 0 Å². The molecule has 25 heavy (non-hydrogen) atoms. The van der Waals surface area contributed by atoms with E-state index in [1.54, 1.807) is 0 Å². The Bertz CT molecular complexity index is 314. The molecule has 0 N–H and O–H groups in total. The zero-order chi connectivity index (χ0) is 20.5. The largest absolute Gasteiger partial charge is 0.665 e. The summed E-state index contributed by atoms with van der Waals surface area (Å²) >= 11 is -0.492. The molecule has 0 aromatic rings. The Morgan fingerprint density at radius 2 is 1.00 bits per heavy atom. The number of rotatable bonds is 8. The van der Waals surface area contributed by atoms with Crippen LogP contribution in [0, 0.1) is 11.8 Å². The fourth-order valence-corrected chi connectivity index (χ4v) is 2.92. The van der Waals surface area contributed by atoms with Crippen molar-refractivity contribution in [3.8, 4) is 0 Å². The summed E-state index contributed by atoms with van der Waals surface area (Å²) in [4.78, 5) is 0. The third-order valence-electron chi connectivity index (χ3n) is 3.40. The first kappa shape index (κ1) is 30.0. The molecule has 0 aromatic heterocycles. The van der Waals surface area contributed by atoms with Gasteiger partial charge in [0.15, 0.2) is 0 Å². The van der Waals surface area contributed by atoms with Crippen LogP contribution in [-0.2, 0) is 18.2 Å². The van der Waals surface area contributed by atoms with Crippen LogP contribution in [0.25, 0.3) is 10.6 Å². The van der Waals surface area contributed by atoms with Crippen molar-refractivity contribution in [3.63, 3.8) is 0 Å². The van der Waals surface area contributed by atoms with E-state index in [1.807, 2.05) is 14.1 Å². The smallest absolute Gasteiger partial charge is 0.0644 e. The fourth-order valence-electron chi connectivity index (χ4n) is 1.10. The summed E-state index contributed by atoms with van der Waals surface area (Å²) in [6.07, 6.45) is 2.22. The summed E-state index contributed by atoms with van der Waals surface area (Å²) in [5, 5.41) is 7.87. The van der Waals surface area contributed by atoms with Gasteiger partial charge >= 0.3 is 90.7 Å². The summed E-state index contributed by atoms with van der Waals surface area (Å²) in [6.45, 7) is 23.7. The molecule has 0 rings (SSSR count). The van der Waals surface area contributed by atoms with Gasteiger partial charge in [0.25, 0.3) is 0 Å².